The number of benzene rings is 1. The number of phenols is 1. The van der Waals surface area contributed by atoms with E-state index >= 15 is 0 Å². The van der Waals surface area contributed by atoms with E-state index < -0.39 is 35.9 Å². The molecule has 3 N–H and O–H groups in total. The first-order valence-corrected chi connectivity index (χ1v) is 7.69. The molecule has 0 radical (unpaired) electrons. The van der Waals surface area contributed by atoms with Crippen LogP contribution in [0.3, 0.4) is 0 Å². The number of carbonyl (C=O) groups is 2. The quantitative estimate of drug-likeness (QED) is 0.518. The molecule has 134 valence electrons. The number of ether oxygens (including phenoxy) is 3. The summed E-state index contributed by atoms with van der Waals surface area (Å²) in [4.78, 5) is 23.6. The Morgan fingerprint density at radius 2 is 2.16 bits per heavy atom. The second-order valence-corrected chi connectivity index (χ2v) is 6.12. The van der Waals surface area contributed by atoms with Crippen molar-refractivity contribution in [1.82, 2.24) is 0 Å². The van der Waals surface area contributed by atoms with E-state index in [0.717, 1.165) is 6.08 Å². The first kappa shape index (κ1) is 17.2. The number of methoxy groups -OCH3 is 1. The van der Waals surface area contributed by atoms with Gasteiger partial charge in [-0.1, -0.05) is 6.07 Å². The van der Waals surface area contributed by atoms with Crippen LogP contribution in [0.1, 0.15) is 18.4 Å². The third-order valence-electron chi connectivity index (χ3n) is 4.34. The summed E-state index contributed by atoms with van der Waals surface area (Å²) in [5, 5.41) is 29.6. The monoisotopic (exact) mass is 350 g/mol. The summed E-state index contributed by atoms with van der Waals surface area (Å²) in [5.74, 6) is -1.30. The molecule has 8 nitrogen and oxygen atoms in total. The first-order valence-electron chi connectivity index (χ1n) is 7.69. The number of carbonyl (C=O) groups excluding carboxylic acids is 2. The molecule has 2 bridgehead atoms. The van der Waals surface area contributed by atoms with Gasteiger partial charge in [0.25, 0.3) is 0 Å². The number of aliphatic hydroxyl groups excluding tert-OH is 1. The van der Waals surface area contributed by atoms with Crippen LogP contribution >= 0.6 is 0 Å². The third-order valence-corrected chi connectivity index (χ3v) is 4.34. The van der Waals surface area contributed by atoms with Crippen LogP contribution in [0.5, 0.6) is 11.5 Å². The van der Waals surface area contributed by atoms with Gasteiger partial charge in [-0.05, 0) is 23.8 Å². The summed E-state index contributed by atoms with van der Waals surface area (Å²) in [5.41, 5.74) is -1.11. The zero-order valence-electron chi connectivity index (χ0n) is 13.4. The summed E-state index contributed by atoms with van der Waals surface area (Å²) in [6.07, 6.45) is -0.738. The van der Waals surface area contributed by atoms with Crippen LogP contribution in [0.15, 0.2) is 24.3 Å². The zero-order valence-corrected chi connectivity index (χ0v) is 13.4. The molecular formula is C17H18O8. The van der Waals surface area contributed by atoms with Crippen molar-refractivity contribution < 1.29 is 39.1 Å². The van der Waals surface area contributed by atoms with Crippen LogP contribution in [0.4, 0.5) is 0 Å². The Morgan fingerprint density at radius 1 is 1.40 bits per heavy atom. The Bertz CT molecular complexity index is 727. The molecule has 0 spiro atoms. The third kappa shape index (κ3) is 3.31. The smallest absolute Gasteiger partial charge is 0.338 e. The van der Waals surface area contributed by atoms with Gasteiger partial charge in [-0.25, -0.2) is 9.59 Å². The molecule has 2 unspecified atom stereocenters. The molecule has 1 saturated carbocycles. The fraction of sp³-hybridized carbons (Fsp3) is 0.412. The number of rotatable bonds is 4. The van der Waals surface area contributed by atoms with E-state index in [4.69, 9.17) is 14.2 Å². The van der Waals surface area contributed by atoms with Gasteiger partial charge in [0.15, 0.2) is 23.2 Å². The molecule has 1 aliphatic carbocycles. The van der Waals surface area contributed by atoms with Gasteiger partial charge >= 0.3 is 11.9 Å². The maximum absolute atomic E-state index is 12.0. The molecule has 3 rings (SSSR count). The highest BCUT2D eigenvalue weighted by Crippen LogP contribution is 2.39. The second kappa shape index (κ2) is 6.38. The Kier molecular flexibility index (Phi) is 4.40. The maximum atomic E-state index is 12.0. The van der Waals surface area contributed by atoms with Crippen molar-refractivity contribution in [3.05, 3.63) is 29.8 Å². The molecule has 2 fully saturated rings. The standard InChI is InChI=1S/C17H18O8/c1-23-12-6-9(2-4-10(12)18)3-5-14(20)25-15-11(19)7-17(22)8-13(15)24-16(17)21/h2-6,11,13,15,18-19,22H,7-8H2,1H3/b5-3+/t11-,13?,15?,17-/m0/s1. The Hall–Kier alpha value is -2.58. The Morgan fingerprint density at radius 3 is 2.88 bits per heavy atom. The van der Waals surface area contributed by atoms with Crippen molar-refractivity contribution in [2.75, 3.05) is 7.11 Å². The lowest BCUT2D eigenvalue weighted by molar-refractivity contribution is -0.165. The van der Waals surface area contributed by atoms with Gasteiger partial charge in [-0.2, -0.15) is 0 Å². The van der Waals surface area contributed by atoms with E-state index in [2.05, 4.69) is 0 Å². The van der Waals surface area contributed by atoms with Gasteiger partial charge < -0.3 is 29.5 Å². The van der Waals surface area contributed by atoms with Crippen molar-refractivity contribution in [3.63, 3.8) is 0 Å². The average Bonchev–Trinajstić information content (AvgIpc) is 2.81. The Labute approximate surface area is 143 Å². The molecular weight excluding hydrogens is 332 g/mol. The van der Waals surface area contributed by atoms with Gasteiger partial charge in [0.2, 0.25) is 0 Å². The molecule has 1 aliphatic heterocycles. The predicted molar refractivity (Wildman–Crippen MR) is 83.6 cm³/mol. The lowest BCUT2D eigenvalue weighted by Gasteiger charge is -2.32. The number of esters is 2. The van der Waals surface area contributed by atoms with Crippen LogP contribution in [-0.2, 0) is 19.1 Å². The van der Waals surface area contributed by atoms with Crippen LogP contribution in [0.25, 0.3) is 6.08 Å². The largest absolute Gasteiger partial charge is 0.504 e. The lowest BCUT2D eigenvalue weighted by atomic mass is 9.82. The molecule has 4 atom stereocenters. The highest BCUT2D eigenvalue weighted by molar-refractivity contribution is 5.87. The number of aliphatic hydroxyl groups is 2. The van der Waals surface area contributed by atoms with Crippen LogP contribution < -0.4 is 4.74 Å². The van der Waals surface area contributed by atoms with Crippen LogP contribution in [0, 0.1) is 0 Å². The van der Waals surface area contributed by atoms with E-state index in [1.54, 1.807) is 6.07 Å². The molecule has 2 aliphatic rings. The van der Waals surface area contributed by atoms with E-state index in [-0.39, 0.29) is 24.3 Å². The number of fused-ring (bicyclic) bond motifs is 2. The molecule has 1 heterocycles. The molecule has 1 aromatic rings. The number of phenolic OH excluding ortho intramolecular Hbond substituents is 1. The van der Waals surface area contributed by atoms with Gasteiger partial charge in [0.05, 0.1) is 13.2 Å². The molecule has 25 heavy (non-hydrogen) atoms. The predicted octanol–water partition coefficient (Wildman–Crippen LogP) is 0.137. The molecule has 0 aromatic heterocycles. The van der Waals surface area contributed by atoms with Crippen molar-refractivity contribution in [2.45, 2.75) is 36.8 Å². The van der Waals surface area contributed by atoms with Gasteiger partial charge in [0, 0.05) is 18.9 Å². The SMILES string of the molecule is COc1cc(/C=C/C(=O)OC2C3C[C@@](O)(C[C@@H]2O)C(=O)O3)ccc1O. The van der Waals surface area contributed by atoms with E-state index in [0.29, 0.717) is 5.56 Å². The molecule has 8 heteroatoms. The van der Waals surface area contributed by atoms with Crippen molar-refractivity contribution in [3.8, 4) is 11.5 Å². The van der Waals surface area contributed by atoms with Crippen LogP contribution in [0.2, 0.25) is 0 Å². The topological polar surface area (TPSA) is 123 Å². The minimum absolute atomic E-state index is 0.0142. The maximum Gasteiger partial charge on any atom is 0.338 e. The van der Waals surface area contributed by atoms with E-state index in [1.807, 2.05) is 0 Å². The number of aromatic hydroxyl groups is 1. The van der Waals surface area contributed by atoms with Crippen LogP contribution in [-0.4, -0.2) is 58.3 Å². The average molecular weight is 350 g/mol. The zero-order chi connectivity index (χ0) is 18.2. The summed E-state index contributed by atoms with van der Waals surface area (Å²) >= 11 is 0. The number of hydrogen-bond acceptors (Lipinski definition) is 8. The molecule has 0 amide bonds. The summed E-state index contributed by atoms with van der Waals surface area (Å²) < 4.78 is 15.1. The van der Waals surface area contributed by atoms with E-state index in [9.17, 15) is 24.9 Å². The van der Waals surface area contributed by atoms with Gasteiger partial charge in [-0.3, -0.25) is 0 Å². The minimum atomic E-state index is -1.70. The number of hydrogen-bond donors (Lipinski definition) is 3. The van der Waals surface area contributed by atoms with Crippen molar-refractivity contribution in [1.29, 1.82) is 0 Å². The first-order chi connectivity index (χ1) is 11.8. The fourth-order valence-electron chi connectivity index (χ4n) is 3.05. The summed E-state index contributed by atoms with van der Waals surface area (Å²) in [6.45, 7) is 0. The van der Waals surface area contributed by atoms with E-state index in [1.165, 1.54) is 25.3 Å². The normalized spacial score (nSPS) is 31.0. The highest BCUT2D eigenvalue weighted by atomic mass is 16.6. The molecule has 1 saturated heterocycles. The van der Waals surface area contributed by atoms with Crippen molar-refractivity contribution in [2.24, 2.45) is 0 Å². The highest BCUT2D eigenvalue weighted by Gasteiger charge is 2.58. The Balaban J connectivity index is 1.66. The second-order valence-electron chi connectivity index (χ2n) is 6.12. The summed E-state index contributed by atoms with van der Waals surface area (Å²) in [6, 6.07) is 4.54. The fourth-order valence-corrected chi connectivity index (χ4v) is 3.05. The van der Waals surface area contributed by atoms with Crippen molar-refractivity contribution >= 4 is 18.0 Å². The lowest BCUT2D eigenvalue weighted by Crippen LogP contribution is -2.50. The van der Waals surface area contributed by atoms with Gasteiger partial charge in [0.1, 0.15) is 6.10 Å². The molecule has 1 aromatic carbocycles. The summed E-state index contributed by atoms with van der Waals surface area (Å²) in [7, 11) is 1.41. The van der Waals surface area contributed by atoms with Gasteiger partial charge in [-0.15, -0.1) is 0 Å². The minimum Gasteiger partial charge on any atom is -0.504 e.